The molecule has 4 nitrogen and oxygen atoms in total. The van der Waals surface area contributed by atoms with Crippen molar-refractivity contribution in [3.63, 3.8) is 0 Å². The predicted octanol–water partition coefficient (Wildman–Crippen LogP) is 0.844. The molecule has 1 saturated heterocycles. The topological polar surface area (TPSA) is 53.6 Å². The Labute approximate surface area is 85.5 Å². The van der Waals surface area contributed by atoms with Crippen LogP contribution < -0.4 is 11.3 Å². The third kappa shape index (κ3) is 2.61. The fraction of sp³-hybridized carbons (Fsp3) is 0.900. The number of rotatable bonds is 1. The number of likely N-dealkylation sites (tertiary alicyclic amines) is 1. The molecule has 1 aliphatic heterocycles. The summed E-state index contributed by atoms with van der Waals surface area (Å²) in [4.78, 5) is 6.88. The van der Waals surface area contributed by atoms with Crippen LogP contribution in [0, 0.1) is 0 Å². The second kappa shape index (κ2) is 4.64. The van der Waals surface area contributed by atoms with E-state index in [1.807, 2.05) is 0 Å². The van der Waals surface area contributed by atoms with Crippen molar-refractivity contribution < 1.29 is 0 Å². The number of nitrogens with one attached hydrogen (secondary N) is 1. The maximum absolute atomic E-state index is 5.51. The molecule has 1 aliphatic carbocycles. The molecule has 2 fully saturated rings. The maximum Gasteiger partial charge on any atom is 0.208 e. The van der Waals surface area contributed by atoms with Crippen molar-refractivity contribution in [1.29, 1.82) is 0 Å². The summed E-state index contributed by atoms with van der Waals surface area (Å²) < 4.78 is 0. The fourth-order valence-electron chi connectivity index (χ4n) is 1.87. The molecule has 0 aromatic rings. The Morgan fingerprint density at radius 2 is 1.79 bits per heavy atom. The molecule has 0 unspecified atom stereocenters. The lowest BCUT2D eigenvalue weighted by atomic mass is 10.2. The van der Waals surface area contributed by atoms with Gasteiger partial charge in [0.25, 0.3) is 0 Å². The molecule has 0 radical (unpaired) electrons. The van der Waals surface area contributed by atoms with E-state index in [0.717, 1.165) is 19.0 Å². The third-order valence-corrected chi connectivity index (χ3v) is 2.89. The van der Waals surface area contributed by atoms with Gasteiger partial charge in [0.2, 0.25) is 5.96 Å². The summed E-state index contributed by atoms with van der Waals surface area (Å²) in [6.07, 6.45) is 7.70. The van der Waals surface area contributed by atoms with Gasteiger partial charge in [-0.3, -0.25) is 5.43 Å². The number of hydrogen-bond donors (Lipinski definition) is 2. The Morgan fingerprint density at radius 1 is 1.14 bits per heavy atom. The monoisotopic (exact) mass is 196 g/mol. The van der Waals surface area contributed by atoms with E-state index >= 15 is 0 Å². The van der Waals surface area contributed by atoms with Crippen molar-refractivity contribution in [2.45, 2.75) is 44.6 Å². The van der Waals surface area contributed by atoms with E-state index in [2.05, 4.69) is 15.3 Å². The molecular formula is C10H20N4. The molecule has 4 heteroatoms. The smallest absolute Gasteiger partial charge is 0.208 e. The zero-order chi connectivity index (χ0) is 9.80. The number of hydrogen-bond acceptors (Lipinski definition) is 2. The van der Waals surface area contributed by atoms with Gasteiger partial charge in [-0.1, -0.05) is 12.8 Å². The van der Waals surface area contributed by atoms with Gasteiger partial charge in [-0.15, -0.1) is 0 Å². The highest BCUT2D eigenvalue weighted by atomic mass is 15.4. The van der Waals surface area contributed by atoms with Crippen LogP contribution in [0.15, 0.2) is 4.99 Å². The van der Waals surface area contributed by atoms with Crippen molar-refractivity contribution in [3.8, 4) is 0 Å². The van der Waals surface area contributed by atoms with E-state index in [4.69, 9.17) is 5.84 Å². The van der Waals surface area contributed by atoms with Gasteiger partial charge in [-0.25, -0.2) is 10.8 Å². The number of nitrogens with zero attached hydrogens (tertiary/aromatic N) is 2. The summed E-state index contributed by atoms with van der Waals surface area (Å²) >= 11 is 0. The third-order valence-electron chi connectivity index (χ3n) is 2.89. The average molecular weight is 196 g/mol. The first-order chi connectivity index (χ1) is 6.90. The van der Waals surface area contributed by atoms with E-state index in [1.165, 1.54) is 38.5 Å². The lowest BCUT2D eigenvalue weighted by molar-refractivity contribution is 0.417. The van der Waals surface area contributed by atoms with Crippen molar-refractivity contribution >= 4 is 5.96 Å². The van der Waals surface area contributed by atoms with Crippen molar-refractivity contribution in [2.24, 2.45) is 10.8 Å². The SMILES string of the molecule is NNC(=NC1CC1)N1CCCCCC1. The van der Waals surface area contributed by atoms with E-state index in [9.17, 15) is 0 Å². The fourth-order valence-corrected chi connectivity index (χ4v) is 1.87. The number of hydrazine groups is 1. The molecule has 3 N–H and O–H groups in total. The summed E-state index contributed by atoms with van der Waals surface area (Å²) in [6, 6.07) is 0.546. The normalized spacial score (nSPS) is 24.6. The molecule has 14 heavy (non-hydrogen) atoms. The van der Waals surface area contributed by atoms with Crippen LogP contribution in [0.3, 0.4) is 0 Å². The Morgan fingerprint density at radius 3 is 2.29 bits per heavy atom. The van der Waals surface area contributed by atoms with Gasteiger partial charge in [0.1, 0.15) is 0 Å². The molecule has 1 heterocycles. The van der Waals surface area contributed by atoms with Crippen LogP contribution in [0.5, 0.6) is 0 Å². The van der Waals surface area contributed by atoms with Gasteiger partial charge >= 0.3 is 0 Å². The van der Waals surface area contributed by atoms with Crippen LogP contribution in [-0.4, -0.2) is 30.0 Å². The lowest BCUT2D eigenvalue weighted by Gasteiger charge is -2.23. The highest BCUT2D eigenvalue weighted by molar-refractivity contribution is 5.79. The minimum absolute atomic E-state index is 0.546. The second-order valence-corrected chi connectivity index (χ2v) is 4.23. The first-order valence-corrected chi connectivity index (χ1v) is 5.69. The predicted molar refractivity (Wildman–Crippen MR) is 57.8 cm³/mol. The van der Waals surface area contributed by atoms with Crippen molar-refractivity contribution in [2.75, 3.05) is 13.1 Å². The summed E-state index contributed by atoms with van der Waals surface area (Å²) in [5, 5.41) is 0. The minimum Gasteiger partial charge on any atom is -0.342 e. The van der Waals surface area contributed by atoms with Crippen LogP contribution in [0.2, 0.25) is 0 Å². The first kappa shape index (κ1) is 9.77. The minimum atomic E-state index is 0.546. The molecule has 0 aromatic carbocycles. The molecule has 0 atom stereocenters. The summed E-state index contributed by atoms with van der Waals surface area (Å²) in [5.74, 6) is 6.42. The first-order valence-electron chi connectivity index (χ1n) is 5.69. The standard InChI is InChI=1S/C10H20N4/c11-13-10(12-9-5-6-9)14-7-3-1-2-4-8-14/h9H,1-8,11H2,(H,12,13). The van der Waals surface area contributed by atoms with Gasteiger partial charge in [0, 0.05) is 13.1 Å². The number of aliphatic imine (C=N–C) groups is 1. The Balaban J connectivity index is 1.94. The van der Waals surface area contributed by atoms with Gasteiger partial charge in [-0.05, 0) is 25.7 Å². The molecule has 0 amide bonds. The number of nitrogens with two attached hydrogens (primary N) is 1. The highest BCUT2D eigenvalue weighted by Gasteiger charge is 2.23. The number of guanidine groups is 1. The van der Waals surface area contributed by atoms with E-state index in [-0.39, 0.29) is 0 Å². The zero-order valence-electron chi connectivity index (χ0n) is 8.71. The molecule has 0 aromatic heterocycles. The molecular weight excluding hydrogens is 176 g/mol. The van der Waals surface area contributed by atoms with Gasteiger partial charge < -0.3 is 4.90 Å². The van der Waals surface area contributed by atoms with Gasteiger partial charge in [0.05, 0.1) is 6.04 Å². The van der Waals surface area contributed by atoms with Crippen molar-refractivity contribution in [1.82, 2.24) is 10.3 Å². The molecule has 2 rings (SSSR count). The van der Waals surface area contributed by atoms with E-state index in [1.54, 1.807) is 0 Å². The van der Waals surface area contributed by atoms with Gasteiger partial charge in [-0.2, -0.15) is 0 Å². The van der Waals surface area contributed by atoms with Crippen LogP contribution in [-0.2, 0) is 0 Å². The van der Waals surface area contributed by atoms with Crippen LogP contribution in [0.25, 0.3) is 0 Å². The van der Waals surface area contributed by atoms with E-state index < -0.39 is 0 Å². The molecule has 2 aliphatic rings. The molecule has 0 spiro atoms. The second-order valence-electron chi connectivity index (χ2n) is 4.23. The highest BCUT2D eigenvalue weighted by Crippen LogP contribution is 2.24. The van der Waals surface area contributed by atoms with Crippen molar-refractivity contribution in [3.05, 3.63) is 0 Å². The maximum atomic E-state index is 5.51. The lowest BCUT2D eigenvalue weighted by Crippen LogP contribution is -2.45. The summed E-state index contributed by atoms with van der Waals surface area (Å²) in [6.45, 7) is 2.21. The Bertz CT molecular complexity index is 202. The van der Waals surface area contributed by atoms with Crippen LogP contribution in [0.4, 0.5) is 0 Å². The zero-order valence-corrected chi connectivity index (χ0v) is 8.71. The Kier molecular flexibility index (Phi) is 3.24. The molecule has 80 valence electrons. The van der Waals surface area contributed by atoms with Crippen LogP contribution in [0.1, 0.15) is 38.5 Å². The molecule has 0 bridgehead atoms. The summed E-state index contributed by atoms with van der Waals surface area (Å²) in [7, 11) is 0. The quantitative estimate of drug-likeness (QED) is 0.283. The largest absolute Gasteiger partial charge is 0.342 e. The van der Waals surface area contributed by atoms with Gasteiger partial charge in [0.15, 0.2) is 0 Å². The van der Waals surface area contributed by atoms with E-state index in [0.29, 0.717) is 6.04 Å². The summed E-state index contributed by atoms with van der Waals surface area (Å²) in [5.41, 5.74) is 2.75. The average Bonchev–Trinajstić information content (AvgIpc) is 3.01. The van der Waals surface area contributed by atoms with Crippen LogP contribution >= 0.6 is 0 Å². The Hall–Kier alpha value is -0.770. The molecule has 1 saturated carbocycles.